The monoisotopic (exact) mass is 397 g/mol. The van der Waals surface area contributed by atoms with Crippen molar-refractivity contribution in [1.82, 2.24) is 15.2 Å². The van der Waals surface area contributed by atoms with Gasteiger partial charge in [-0.1, -0.05) is 12.1 Å². The van der Waals surface area contributed by atoms with Gasteiger partial charge in [0.05, 0.1) is 7.11 Å². The van der Waals surface area contributed by atoms with Gasteiger partial charge >= 0.3 is 0 Å². The van der Waals surface area contributed by atoms with E-state index in [1.807, 2.05) is 18.3 Å². The molecule has 4 rings (SSSR count). The highest BCUT2D eigenvalue weighted by atomic mass is 19.1. The zero-order valence-corrected chi connectivity index (χ0v) is 16.9. The summed E-state index contributed by atoms with van der Waals surface area (Å²) < 4.78 is 18.7. The normalized spacial score (nSPS) is 20.4. The van der Waals surface area contributed by atoms with Crippen LogP contribution < -0.4 is 10.1 Å². The first-order valence-corrected chi connectivity index (χ1v) is 10.3. The number of ether oxygens (including phenoxy) is 1. The topological polar surface area (TPSA) is 54.5 Å². The van der Waals surface area contributed by atoms with Crippen molar-refractivity contribution in [2.24, 2.45) is 5.41 Å². The van der Waals surface area contributed by atoms with Gasteiger partial charge in [0.2, 0.25) is 5.91 Å². The number of likely N-dealkylation sites (tertiary alicyclic amines) is 1. The van der Waals surface area contributed by atoms with E-state index in [1.165, 1.54) is 12.1 Å². The highest BCUT2D eigenvalue weighted by Crippen LogP contribution is 2.54. The minimum Gasteiger partial charge on any atom is -0.496 e. The minimum atomic E-state index is -0.275. The summed E-state index contributed by atoms with van der Waals surface area (Å²) in [6.07, 6.45) is 8.06. The maximum Gasteiger partial charge on any atom is 0.220 e. The molecule has 1 atom stereocenters. The van der Waals surface area contributed by atoms with Crippen molar-refractivity contribution >= 4 is 5.91 Å². The van der Waals surface area contributed by atoms with Crippen LogP contribution >= 0.6 is 0 Å². The first-order chi connectivity index (χ1) is 14.1. The number of rotatable bonds is 7. The Balaban J connectivity index is 1.22. The number of methoxy groups -OCH3 is 1. The molecule has 2 heterocycles. The number of hydrogen-bond acceptors (Lipinski definition) is 4. The van der Waals surface area contributed by atoms with Gasteiger partial charge in [-0.15, -0.1) is 0 Å². The van der Waals surface area contributed by atoms with Crippen LogP contribution in [0.25, 0.3) is 0 Å². The van der Waals surface area contributed by atoms with Gasteiger partial charge in [-0.05, 0) is 61.9 Å². The minimum absolute atomic E-state index is 0.134. The maximum atomic E-state index is 13.4. The van der Waals surface area contributed by atoms with E-state index in [4.69, 9.17) is 4.74 Å². The van der Waals surface area contributed by atoms with Crippen LogP contribution in [0.5, 0.6) is 5.75 Å². The van der Waals surface area contributed by atoms with Crippen LogP contribution in [0.15, 0.2) is 42.7 Å². The molecule has 1 aromatic heterocycles. The molecule has 154 valence electrons. The molecule has 1 saturated carbocycles. The Morgan fingerprint density at radius 2 is 2.17 bits per heavy atom. The lowest BCUT2D eigenvalue weighted by Crippen LogP contribution is -2.38. The molecule has 5 nitrogen and oxygen atoms in total. The summed E-state index contributed by atoms with van der Waals surface area (Å²) in [5.41, 5.74) is 2.38. The lowest BCUT2D eigenvalue weighted by Gasteiger charge is -2.33. The summed E-state index contributed by atoms with van der Waals surface area (Å²) in [4.78, 5) is 18.8. The van der Waals surface area contributed by atoms with Gasteiger partial charge in [0.15, 0.2) is 0 Å². The van der Waals surface area contributed by atoms with Crippen LogP contribution in [0, 0.1) is 11.2 Å². The van der Waals surface area contributed by atoms with E-state index in [1.54, 1.807) is 19.4 Å². The molecule has 2 aromatic rings. The Labute approximate surface area is 171 Å². The largest absolute Gasteiger partial charge is 0.496 e. The standard InChI is InChI=1S/C23H28FN3O2/c1-29-20-13-19(24)6-5-18(20)16-27-11-8-23(9-12-27)14-21(23)26-22(28)7-4-17-3-2-10-25-15-17/h2-3,5-6,10,13,15,21H,4,7-9,11-12,14,16H2,1H3,(H,26,28). The second kappa shape index (κ2) is 8.49. The fourth-order valence-corrected chi connectivity index (χ4v) is 4.42. The first kappa shape index (κ1) is 19.8. The third kappa shape index (κ3) is 4.75. The molecule has 1 N–H and O–H groups in total. The fraction of sp³-hybridized carbons (Fsp3) is 0.478. The molecule has 1 amide bonds. The molecule has 1 unspecified atom stereocenters. The predicted molar refractivity (Wildman–Crippen MR) is 109 cm³/mol. The first-order valence-electron chi connectivity index (χ1n) is 10.3. The molecule has 0 bridgehead atoms. The number of aryl methyl sites for hydroxylation is 1. The van der Waals surface area contributed by atoms with Crippen molar-refractivity contribution in [3.63, 3.8) is 0 Å². The maximum absolute atomic E-state index is 13.4. The van der Waals surface area contributed by atoms with E-state index in [0.717, 1.165) is 56.4 Å². The van der Waals surface area contributed by atoms with Crippen molar-refractivity contribution < 1.29 is 13.9 Å². The summed E-state index contributed by atoms with van der Waals surface area (Å²) >= 11 is 0. The molecule has 2 fully saturated rings. The molecular weight excluding hydrogens is 369 g/mol. The number of pyridine rings is 1. The van der Waals surface area contributed by atoms with E-state index in [0.29, 0.717) is 18.2 Å². The highest BCUT2D eigenvalue weighted by molar-refractivity contribution is 5.77. The van der Waals surface area contributed by atoms with Crippen LogP contribution in [0.4, 0.5) is 4.39 Å². The molecule has 1 aliphatic heterocycles. The molecular formula is C23H28FN3O2. The van der Waals surface area contributed by atoms with E-state index in [2.05, 4.69) is 15.2 Å². The Morgan fingerprint density at radius 3 is 2.90 bits per heavy atom. The quantitative estimate of drug-likeness (QED) is 0.779. The van der Waals surface area contributed by atoms with Crippen LogP contribution in [0.1, 0.15) is 36.8 Å². The van der Waals surface area contributed by atoms with Crippen LogP contribution in [-0.2, 0) is 17.8 Å². The smallest absolute Gasteiger partial charge is 0.220 e. The second-order valence-corrected chi connectivity index (χ2v) is 8.28. The highest BCUT2D eigenvalue weighted by Gasteiger charge is 2.55. The van der Waals surface area contributed by atoms with Crippen molar-refractivity contribution in [3.8, 4) is 5.75 Å². The Hall–Kier alpha value is -2.47. The van der Waals surface area contributed by atoms with E-state index in [9.17, 15) is 9.18 Å². The lowest BCUT2D eigenvalue weighted by atomic mass is 9.92. The summed E-state index contributed by atoms with van der Waals surface area (Å²) in [6, 6.07) is 8.95. The zero-order chi connectivity index (χ0) is 20.3. The zero-order valence-electron chi connectivity index (χ0n) is 16.9. The van der Waals surface area contributed by atoms with E-state index < -0.39 is 0 Å². The number of benzene rings is 1. The van der Waals surface area contributed by atoms with Crippen molar-refractivity contribution in [1.29, 1.82) is 0 Å². The van der Waals surface area contributed by atoms with Gasteiger partial charge in [-0.2, -0.15) is 0 Å². The molecule has 1 aliphatic carbocycles. The Bertz CT molecular complexity index is 850. The van der Waals surface area contributed by atoms with Gasteiger partial charge in [-0.25, -0.2) is 4.39 Å². The summed E-state index contributed by atoms with van der Waals surface area (Å²) in [5, 5.41) is 3.23. The van der Waals surface area contributed by atoms with Gasteiger partial charge in [0.1, 0.15) is 11.6 Å². The SMILES string of the molecule is COc1cc(F)ccc1CN1CCC2(CC1)CC2NC(=O)CCc1cccnc1. The Morgan fingerprint density at radius 1 is 1.34 bits per heavy atom. The Kier molecular flexibility index (Phi) is 5.81. The average Bonchev–Trinajstić information content (AvgIpc) is 3.41. The molecule has 6 heteroatoms. The second-order valence-electron chi connectivity index (χ2n) is 8.28. The van der Waals surface area contributed by atoms with Crippen LogP contribution in [-0.4, -0.2) is 42.0 Å². The average molecular weight is 397 g/mol. The van der Waals surface area contributed by atoms with Crippen molar-refractivity contribution in [2.45, 2.75) is 44.7 Å². The number of carbonyl (C=O) groups is 1. The van der Waals surface area contributed by atoms with E-state index in [-0.39, 0.29) is 17.1 Å². The number of aromatic nitrogens is 1. The van der Waals surface area contributed by atoms with Crippen LogP contribution in [0.3, 0.4) is 0 Å². The van der Waals surface area contributed by atoms with Gasteiger partial charge in [-0.3, -0.25) is 14.7 Å². The molecule has 1 aromatic carbocycles. The van der Waals surface area contributed by atoms with Gasteiger partial charge in [0, 0.05) is 43.0 Å². The molecule has 0 radical (unpaired) electrons. The van der Waals surface area contributed by atoms with Crippen LogP contribution in [0.2, 0.25) is 0 Å². The summed E-state index contributed by atoms with van der Waals surface area (Å²) in [7, 11) is 1.58. The number of halogens is 1. The molecule has 1 saturated heterocycles. The number of carbonyl (C=O) groups excluding carboxylic acids is 1. The summed E-state index contributed by atoms with van der Waals surface area (Å²) in [6.45, 7) is 2.74. The third-order valence-corrected chi connectivity index (χ3v) is 6.38. The fourth-order valence-electron chi connectivity index (χ4n) is 4.42. The predicted octanol–water partition coefficient (Wildman–Crippen LogP) is 3.33. The number of hydrogen-bond donors (Lipinski definition) is 1. The van der Waals surface area contributed by atoms with Crippen molar-refractivity contribution in [2.75, 3.05) is 20.2 Å². The number of nitrogens with one attached hydrogen (secondary N) is 1. The van der Waals surface area contributed by atoms with Gasteiger partial charge < -0.3 is 10.1 Å². The number of nitrogens with zero attached hydrogens (tertiary/aromatic N) is 2. The van der Waals surface area contributed by atoms with Crippen molar-refractivity contribution in [3.05, 3.63) is 59.7 Å². The number of amides is 1. The third-order valence-electron chi connectivity index (χ3n) is 6.38. The molecule has 1 spiro atoms. The molecule has 2 aliphatic rings. The number of piperidine rings is 1. The van der Waals surface area contributed by atoms with E-state index >= 15 is 0 Å². The lowest BCUT2D eigenvalue weighted by molar-refractivity contribution is -0.121. The van der Waals surface area contributed by atoms with Gasteiger partial charge in [0.25, 0.3) is 0 Å². The molecule has 29 heavy (non-hydrogen) atoms. The summed E-state index contributed by atoms with van der Waals surface area (Å²) in [5.74, 6) is 0.466.